The summed E-state index contributed by atoms with van der Waals surface area (Å²) < 4.78 is 21.6. The van der Waals surface area contributed by atoms with E-state index in [1.807, 2.05) is 6.92 Å². The molecule has 31 heavy (non-hydrogen) atoms. The van der Waals surface area contributed by atoms with Gasteiger partial charge < -0.3 is 19.5 Å². The fraction of sp³-hybridized carbons (Fsp3) is 0.304. The van der Waals surface area contributed by atoms with Crippen molar-refractivity contribution in [1.29, 1.82) is 0 Å². The van der Waals surface area contributed by atoms with E-state index in [1.165, 1.54) is 19.4 Å². The Hall–Kier alpha value is -2.90. The van der Waals surface area contributed by atoms with Crippen LogP contribution in [0.3, 0.4) is 0 Å². The van der Waals surface area contributed by atoms with Crippen LogP contribution < -0.4 is 10.2 Å². The van der Waals surface area contributed by atoms with Crippen molar-refractivity contribution in [1.82, 2.24) is 4.57 Å². The van der Waals surface area contributed by atoms with E-state index < -0.39 is 17.2 Å². The van der Waals surface area contributed by atoms with Crippen LogP contribution in [0.2, 0.25) is 5.02 Å². The van der Waals surface area contributed by atoms with E-state index in [9.17, 15) is 24.2 Å². The number of aromatic carboxylic acids is 1. The van der Waals surface area contributed by atoms with Crippen molar-refractivity contribution in [3.05, 3.63) is 74.3 Å². The Kier molecular flexibility index (Phi) is 6.97. The van der Waals surface area contributed by atoms with Gasteiger partial charge in [-0.25, -0.2) is 9.18 Å². The third-order valence-corrected chi connectivity index (χ3v) is 5.55. The quantitative estimate of drug-likeness (QED) is 0.542. The lowest BCUT2D eigenvalue weighted by Crippen LogP contribution is -2.21. The number of ether oxygens (including phenoxy) is 1. The molecule has 3 aromatic rings. The smallest absolute Gasteiger partial charge is 0.341 e. The summed E-state index contributed by atoms with van der Waals surface area (Å²) >= 11 is 5.88. The first-order valence-corrected chi connectivity index (χ1v) is 10.2. The van der Waals surface area contributed by atoms with E-state index in [-0.39, 0.29) is 34.9 Å². The molecule has 0 radical (unpaired) electrons. The van der Waals surface area contributed by atoms with E-state index in [2.05, 4.69) is 0 Å². The number of carboxylic acid groups (broad SMARTS) is 1. The molecule has 0 fully saturated rings. The fourth-order valence-corrected chi connectivity index (χ4v) is 3.83. The summed E-state index contributed by atoms with van der Waals surface area (Å²) in [6.45, 7) is 2.33. The molecule has 0 saturated heterocycles. The second-order valence-corrected chi connectivity index (χ2v) is 7.92. The molecule has 0 bridgehead atoms. The number of carbonyl (C=O) groups is 1. The summed E-state index contributed by atoms with van der Waals surface area (Å²) in [4.78, 5) is 24.6. The van der Waals surface area contributed by atoms with Gasteiger partial charge in [-0.05, 0) is 35.6 Å². The van der Waals surface area contributed by atoms with Crippen molar-refractivity contribution in [2.75, 3.05) is 13.7 Å². The second kappa shape index (κ2) is 9.49. The normalized spacial score (nSPS) is 12.2. The topological polar surface area (TPSA) is 88.8 Å². The molecular formula is C23H23ClFNO5. The fourth-order valence-electron chi connectivity index (χ4n) is 3.63. The van der Waals surface area contributed by atoms with Gasteiger partial charge in [0, 0.05) is 37.2 Å². The summed E-state index contributed by atoms with van der Waals surface area (Å²) in [5.41, 5.74) is 0.395. The number of aromatic nitrogens is 1. The first-order chi connectivity index (χ1) is 14.8. The van der Waals surface area contributed by atoms with Gasteiger partial charge in [0.05, 0.1) is 17.6 Å². The average molecular weight is 448 g/mol. The highest BCUT2D eigenvalue weighted by atomic mass is 35.5. The monoisotopic (exact) mass is 447 g/mol. The maximum absolute atomic E-state index is 14.4. The third-order valence-electron chi connectivity index (χ3n) is 5.26. The first-order valence-electron chi connectivity index (χ1n) is 9.77. The molecule has 1 heterocycles. The van der Waals surface area contributed by atoms with Crippen LogP contribution in [0, 0.1) is 11.7 Å². The maximum Gasteiger partial charge on any atom is 0.341 e. The zero-order valence-electron chi connectivity index (χ0n) is 17.2. The number of hydrogen-bond acceptors (Lipinski definition) is 4. The minimum Gasteiger partial charge on any atom is -0.496 e. The van der Waals surface area contributed by atoms with Gasteiger partial charge in [0.15, 0.2) is 0 Å². The Morgan fingerprint density at radius 2 is 2.03 bits per heavy atom. The lowest BCUT2D eigenvalue weighted by atomic mass is 9.99. The Balaban J connectivity index is 2.22. The number of methoxy groups -OCH3 is 1. The number of nitrogens with zero attached hydrogens (tertiary/aromatic N) is 1. The van der Waals surface area contributed by atoms with Gasteiger partial charge in [-0.1, -0.05) is 30.7 Å². The number of rotatable bonds is 8. The van der Waals surface area contributed by atoms with Crippen molar-refractivity contribution < 1.29 is 24.1 Å². The standard InChI is InChI=1S/C23H23ClFNO5/c1-13(6-7-27)11-26-12-17(23(29)30)22(28)16-9-15(20(31-2)10-19(16)26)8-14-4-3-5-18(24)21(14)25/h3-5,9-10,12-13,27H,6-8,11H2,1-2H3,(H,29,30). The van der Waals surface area contributed by atoms with Crippen LogP contribution in [0.1, 0.15) is 34.8 Å². The Labute approximate surface area is 183 Å². The van der Waals surface area contributed by atoms with Crippen molar-refractivity contribution in [2.24, 2.45) is 5.92 Å². The second-order valence-electron chi connectivity index (χ2n) is 7.52. The Bertz CT molecular complexity index is 1190. The minimum atomic E-state index is -1.33. The van der Waals surface area contributed by atoms with E-state index in [0.29, 0.717) is 35.4 Å². The number of halogens is 2. The molecule has 1 atom stereocenters. The third kappa shape index (κ3) is 4.73. The number of hydrogen-bond donors (Lipinski definition) is 2. The summed E-state index contributed by atoms with van der Waals surface area (Å²) in [6, 6.07) is 7.88. The van der Waals surface area contributed by atoms with Crippen LogP contribution in [-0.2, 0) is 13.0 Å². The molecule has 8 heteroatoms. The van der Waals surface area contributed by atoms with Gasteiger partial charge >= 0.3 is 5.97 Å². The highest BCUT2D eigenvalue weighted by Gasteiger charge is 2.19. The predicted octanol–water partition coefficient (Wildman–Crippen LogP) is 4.11. The number of fused-ring (bicyclic) bond motifs is 1. The Morgan fingerprint density at radius 3 is 2.68 bits per heavy atom. The number of pyridine rings is 1. The number of carboxylic acids is 1. The van der Waals surface area contributed by atoms with Gasteiger partial charge in [-0.2, -0.15) is 0 Å². The van der Waals surface area contributed by atoms with Crippen molar-refractivity contribution in [3.8, 4) is 5.75 Å². The molecule has 3 rings (SSSR count). The van der Waals surface area contributed by atoms with Crippen LogP contribution in [0.25, 0.3) is 10.9 Å². The van der Waals surface area contributed by atoms with Crippen LogP contribution in [0.5, 0.6) is 5.75 Å². The van der Waals surface area contributed by atoms with Gasteiger partial charge in [-0.15, -0.1) is 0 Å². The molecule has 1 aromatic heterocycles. The molecule has 1 unspecified atom stereocenters. The SMILES string of the molecule is COc1cc2c(cc1Cc1cccc(Cl)c1F)c(=O)c(C(=O)O)cn2CC(C)CCO. The summed E-state index contributed by atoms with van der Waals surface area (Å²) in [7, 11) is 1.47. The molecule has 6 nitrogen and oxygen atoms in total. The average Bonchev–Trinajstić information content (AvgIpc) is 2.73. The van der Waals surface area contributed by atoms with Gasteiger partial charge in [0.2, 0.25) is 5.43 Å². The number of aliphatic hydroxyl groups is 1. The molecule has 0 saturated carbocycles. The lowest BCUT2D eigenvalue weighted by molar-refractivity contribution is 0.0694. The molecule has 0 aliphatic rings. The molecule has 0 spiro atoms. The van der Waals surface area contributed by atoms with Crippen LogP contribution in [0.4, 0.5) is 4.39 Å². The highest BCUT2D eigenvalue weighted by molar-refractivity contribution is 6.30. The maximum atomic E-state index is 14.4. The molecule has 2 aromatic carbocycles. The van der Waals surface area contributed by atoms with E-state index in [4.69, 9.17) is 16.3 Å². The van der Waals surface area contributed by atoms with Gasteiger partial charge in [0.25, 0.3) is 0 Å². The zero-order chi connectivity index (χ0) is 22.7. The van der Waals surface area contributed by atoms with Gasteiger partial charge in [-0.3, -0.25) is 4.79 Å². The van der Waals surface area contributed by atoms with Crippen LogP contribution >= 0.6 is 11.6 Å². The van der Waals surface area contributed by atoms with Crippen LogP contribution in [-0.4, -0.2) is 34.5 Å². The lowest BCUT2D eigenvalue weighted by Gasteiger charge is -2.18. The predicted molar refractivity (Wildman–Crippen MR) is 117 cm³/mol. The minimum absolute atomic E-state index is 0.00372. The van der Waals surface area contributed by atoms with Crippen molar-refractivity contribution >= 4 is 28.5 Å². The number of benzene rings is 2. The van der Waals surface area contributed by atoms with Crippen molar-refractivity contribution in [2.45, 2.75) is 26.3 Å². The highest BCUT2D eigenvalue weighted by Crippen LogP contribution is 2.29. The number of aliphatic hydroxyl groups excluding tert-OH is 1. The molecule has 0 aliphatic carbocycles. The van der Waals surface area contributed by atoms with Gasteiger partial charge in [0.1, 0.15) is 17.1 Å². The Morgan fingerprint density at radius 1 is 1.29 bits per heavy atom. The van der Waals surface area contributed by atoms with Crippen LogP contribution in [0.15, 0.2) is 41.3 Å². The molecule has 0 aliphatic heterocycles. The first kappa shape index (κ1) is 22.8. The van der Waals surface area contributed by atoms with Crippen molar-refractivity contribution in [3.63, 3.8) is 0 Å². The zero-order valence-corrected chi connectivity index (χ0v) is 17.9. The molecular weight excluding hydrogens is 425 g/mol. The molecule has 164 valence electrons. The summed E-state index contributed by atoms with van der Waals surface area (Å²) in [5.74, 6) is -1.39. The molecule has 2 N–H and O–H groups in total. The largest absolute Gasteiger partial charge is 0.496 e. The van der Waals surface area contributed by atoms with E-state index in [1.54, 1.807) is 28.8 Å². The van der Waals surface area contributed by atoms with E-state index >= 15 is 0 Å². The summed E-state index contributed by atoms with van der Waals surface area (Å²) in [5, 5.41) is 18.9. The molecule has 0 amide bonds. The summed E-state index contributed by atoms with van der Waals surface area (Å²) in [6.07, 6.45) is 1.96. The van der Waals surface area contributed by atoms with E-state index in [0.717, 1.165) is 0 Å².